The zero-order chi connectivity index (χ0) is 28.8. The number of nitrogens with zero attached hydrogens (tertiary/aromatic N) is 5. The SMILES string of the molecule is CC(C)(C)OC(=O)N1C[C@@H]2C[C@H]1CN2C(=S)N(Cc1ccc(-c2nnc(C(F)F)o2)cc1F)c1ccc(F)cc1. The third-order valence-corrected chi connectivity index (χ3v) is 7.19. The standard InChI is InChI=1S/C27H27F4N5O3S/c1-27(2,3)39-26(37)36-14-19-11-20(36)13-35(19)25(40)34(18-8-6-17(28)7-9-18)12-16-5-4-15(10-21(16)29)23-32-33-24(38-23)22(30)31/h4-10,19-20,22H,11-14H2,1-3H3/t19-,20-/m0/s1. The molecule has 0 unspecified atom stereocenters. The predicted molar refractivity (Wildman–Crippen MR) is 142 cm³/mol. The molecule has 2 aliphatic rings. The Kier molecular flexibility index (Phi) is 7.42. The predicted octanol–water partition coefficient (Wildman–Crippen LogP) is 5.94. The first-order chi connectivity index (χ1) is 18.9. The quantitative estimate of drug-likeness (QED) is 0.273. The van der Waals surface area contributed by atoms with E-state index in [2.05, 4.69) is 10.2 Å². The molecular weight excluding hydrogens is 550 g/mol. The average molecular weight is 578 g/mol. The minimum absolute atomic E-state index is 0.00631. The van der Waals surface area contributed by atoms with Gasteiger partial charge in [0.15, 0.2) is 5.11 Å². The van der Waals surface area contributed by atoms with Crippen molar-refractivity contribution in [2.24, 2.45) is 0 Å². The van der Waals surface area contributed by atoms with E-state index in [9.17, 15) is 18.0 Å². The number of alkyl halides is 2. The summed E-state index contributed by atoms with van der Waals surface area (Å²) in [5.74, 6) is -2.14. The van der Waals surface area contributed by atoms with Gasteiger partial charge in [0.25, 0.3) is 5.89 Å². The largest absolute Gasteiger partial charge is 0.444 e. The van der Waals surface area contributed by atoms with E-state index >= 15 is 4.39 Å². The van der Waals surface area contributed by atoms with Crippen molar-refractivity contribution >= 4 is 29.1 Å². The van der Waals surface area contributed by atoms with Gasteiger partial charge in [-0.2, -0.15) is 8.78 Å². The van der Waals surface area contributed by atoms with Gasteiger partial charge in [-0.05, 0) is 75.8 Å². The van der Waals surface area contributed by atoms with Gasteiger partial charge in [0, 0.05) is 29.9 Å². The lowest BCUT2D eigenvalue weighted by atomic mass is 10.1. The number of halogens is 4. The lowest BCUT2D eigenvalue weighted by Crippen LogP contribution is -2.54. The number of likely N-dealkylation sites (tertiary alicyclic amines) is 2. The van der Waals surface area contributed by atoms with E-state index in [1.54, 1.807) is 21.9 Å². The van der Waals surface area contributed by atoms with Gasteiger partial charge in [-0.25, -0.2) is 13.6 Å². The van der Waals surface area contributed by atoms with Crippen LogP contribution in [-0.2, 0) is 11.3 Å². The number of carbonyl (C=O) groups is 1. The van der Waals surface area contributed by atoms with Crippen molar-refractivity contribution in [1.29, 1.82) is 0 Å². The van der Waals surface area contributed by atoms with E-state index in [-0.39, 0.29) is 41.7 Å². The first-order valence-corrected chi connectivity index (χ1v) is 13.0. The zero-order valence-electron chi connectivity index (χ0n) is 22.0. The Morgan fingerprint density at radius 3 is 2.35 bits per heavy atom. The van der Waals surface area contributed by atoms with Crippen molar-refractivity contribution in [2.45, 2.75) is 57.8 Å². The Bertz CT molecular complexity index is 1410. The molecule has 13 heteroatoms. The molecule has 1 amide bonds. The first-order valence-electron chi connectivity index (χ1n) is 12.6. The van der Waals surface area contributed by atoms with E-state index < -0.39 is 29.6 Å². The molecule has 212 valence electrons. The molecule has 3 heterocycles. The number of fused-ring (bicyclic) bond motifs is 2. The summed E-state index contributed by atoms with van der Waals surface area (Å²) >= 11 is 5.87. The number of carbonyl (C=O) groups excluding carboxylic acids is 1. The van der Waals surface area contributed by atoms with Crippen LogP contribution >= 0.6 is 12.2 Å². The van der Waals surface area contributed by atoms with Crippen molar-refractivity contribution in [3.05, 3.63) is 65.6 Å². The summed E-state index contributed by atoms with van der Waals surface area (Å²) < 4.78 is 65.1. The lowest BCUT2D eigenvalue weighted by molar-refractivity contribution is 0.0168. The van der Waals surface area contributed by atoms with Crippen LogP contribution in [0.15, 0.2) is 46.9 Å². The van der Waals surface area contributed by atoms with Crippen LogP contribution in [0.4, 0.5) is 28.0 Å². The molecule has 1 aromatic heterocycles. The van der Waals surface area contributed by atoms with Crippen molar-refractivity contribution in [3.8, 4) is 11.5 Å². The zero-order valence-corrected chi connectivity index (χ0v) is 22.8. The van der Waals surface area contributed by atoms with Crippen LogP contribution in [0.3, 0.4) is 0 Å². The Labute approximate surface area is 233 Å². The van der Waals surface area contributed by atoms with E-state index in [1.165, 1.54) is 24.3 Å². The normalized spacial score (nSPS) is 18.5. The Hall–Kier alpha value is -3.74. The fraction of sp³-hybridized carbons (Fsp3) is 0.407. The summed E-state index contributed by atoms with van der Waals surface area (Å²) in [5, 5.41) is 7.25. The Morgan fingerprint density at radius 1 is 1.10 bits per heavy atom. The van der Waals surface area contributed by atoms with Crippen LogP contribution in [-0.4, -0.2) is 62.0 Å². The van der Waals surface area contributed by atoms with Crippen LogP contribution in [0.5, 0.6) is 0 Å². The molecule has 2 aliphatic heterocycles. The van der Waals surface area contributed by atoms with E-state index in [1.807, 2.05) is 25.7 Å². The maximum Gasteiger partial charge on any atom is 0.410 e. The number of rotatable bonds is 5. The fourth-order valence-electron chi connectivity index (χ4n) is 4.91. The molecule has 40 heavy (non-hydrogen) atoms. The van der Waals surface area contributed by atoms with Crippen molar-refractivity contribution in [3.63, 3.8) is 0 Å². The summed E-state index contributed by atoms with van der Waals surface area (Å²) in [6.07, 6.45) is -2.59. The molecule has 8 nitrogen and oxygen atoms in total. The molecule has 0 aliphatic carbocycles. The van der Waals surface area contributed by atoms with Crippen LogP contribution in [0, 0.1) is 11.6 Å². The van der Waals surface area contributed by atoms with Gasteiger partial charge in [-0.3, -0.25) is 0 Å². The van der Waals surface area contributed by atoms with E-state index in [4.69, 9.17) is 21.4 Å². The maximum absolute atomic E-state index is 15.3. The van der Waals surface area contributed by atoms with Crippen molar-refractivity contribution in [2.75, 3.05) is 18.0 Å². The van der Waals surface area contributed by atoms with Crippen LogP contribution in [0.1, 0.15) is 45.1 Å². The van der Waals surface area contributed by atoms with Gasteiger partial charge in [0.2, 0.25) is 5.89 Å². The third kappa shape index (κ3) is 5.74. The van der Waals surface area contributed by atoms with Gasteiger partial charge in [-0.15, -0.1) is 10.2 Å². The monoisotopic (exact) mass is 577 g/mol. The molecule has 2 atom stereocenters. The molecule has 2 fully saturated rings. The minimum Gasteiger partial charge on any atom is -0.444 e. The summed E-state index contributed by atoms with van der Waals surface area (Å²) in [4.78, 5) is 18.1. The van der Waals surface area contributed by atoms with Gasteiger partial charge < -0.3 is 23.9 Å². The van der Waals surface area contributed by atoms with Gasteiger partial charge in [-0.1, -0.05) is 6.07 Å². The van der Waals surface area contributed by atoms with Crippen LogP contribution in [0.2, 0.25) is 0 Å². The first kappa shape index (κ1) is 27.8. The average Bonchev–Trinajstić information content (AvgIpc) is 3.63. The highest BCUT2D eigenvalue weighted by molar-refractivity contribution is 7.80. The summed E-state index contributed by atoms with van der Waals surface area (Å²) in [7, 11) is 0. The highest BCUT2D eigenvalue weighted by Gasteiger charge is 2.48. The Morgan fingerprint density at radius 2 is 1.77 bits per heavy atom. The second-order valence-electron chi connectivity index (χ2n) is 10.7. The smallest absolute Gasteiger partial charge is 0.410 e. The molecule has 0 saturated carbocycles. The molecular formula is C27H27F4N5O3S. The number of benzene rings is 2. The highest BCUT2D eigenvalue weighted by atomic mass is 32.1. The molecule has 3 aromatic rings. The van der Waals surface area contributed by atoms with Gasteiger partial charge in [0.05, 0.1) is 18.6 Å². The molecule has 2 saturated heterocycles. The summed E-state index contributed by atoms with van der Waals surface area (Å²) in [5.41, 5.74) is 0.348. The van der Waals surface area contributed by atoms with Gasteiger partial charge >= 0.3 is 12.5 Å². The van der Waals surface area contributed by atoms with Crippen molar-refractivity contribution in [1.82, 2.24) is 20.0 Å². The number of ether oxygens (including phenoxy) is 1. The topological polar surface area (TPSA) is 74.9 Å². The lowest BCUT2D eigenvalue weighted by Gasteiger charge is -2.39. The second kappa shape index (κ2) is 10.7. The number of hydrogen-bond donors (Lipinski definition) is 0. The molecule has 5 rings (SSSR count). The fourth-order valence-corrected chi connectivity index (χ4v) is 5.30. The molecule has 2 bridgehead atoms. The second-order valence-corrected chi connectivity index (χ2v) is 11.1. The number of hydrogen-bond acceptors (Lipinski definition) is 6. The minimum atomic E-state index is -2.94. The third-order valence-electron chi connectivity index (χ3n) is 6.74. The van der Waals surface area contributed by atoms with E-state index in [0.717, 1.165) is 6.07 Å². The summed E-state index contributed by atoms with van der Waals surface area (Å²) in [6.45, 7) is 6.36. The molecule has 0 spiro atoms. The number of anilines is 1. The van der Waals surface area contributed by atoms with E-state index in [0.29, 0.717) is 30.3 Å². The molecule has 0 N–H and O–H groups in total. The number of thiocarbonyl (C=S) groups is 1. The highest BCUT2D eigenvalue weighted by Crippen LogP contribution is 2.34. The maximum atomic E-state index is 15.3. The molecule has 0 radical (unpaired) electrons. The number of amides is 1. The summed E-state index contributed by atoms with van der Waals surface area (Å²) in [6, 6.07) is 9.65. The number of piperazine rings is 1. The van der Waals surface area contributed by atoms with Gasteiger partial charge in [0.1, 0.15) is 17.2 Å². The molecule has 2 aromatic carbocycles. The van der Waals surface area contributed by atoms with Crippen LogP contribution in [0.25, 0.3) is 11.5 Å². The Balaban J connectivity index is 1.36. The van der Waals surface area contributed by atoms with Crippen molar-refractivity contribution < 1.29 is 31.5 Å². The number of aromatic nitrogens is 2. The van der Waals surface area contributed by atoms with Crippen LogP contribution < -0.4 is 4.90 Å².